The maximum absolute atomic E-state index is 11.8. The number of hydrogen-bond acceptors (Lipinski definition) is 4. The molecular formula is C15H23NO3. The third kappa shape index (κ3) is 4.65. The maximum Gasteiger partial charge on any atom is 0.323 e. The van der Waals surface area contributed by atoms with Crippen molar-refractivity contribution in [2.45, 2.75) is 40.0 Å². The smallest absolute Gasteiger partial charge is 0.323 e. The van der Waals surface area contributed by atoms with Crippen molar-refractivity contribution in [3.8, 4) is 0 Å². The van der Waals surface area contributed by atoms with Crippen LogP contribution in [0.3, 0.4) is 0 Å². The molecule has 4 heteroatoms. The molecule has 0 aliphatic carbocycles. The number of benzene rings is 1. The van der Waals surface area contributed by atoms with E-state index >= 15 is 0 Å². The lowest BCUT2D eigenvalue weighted by Gasteiger charge is -2.29. The molecule has 19 heavy (non-hydrogen) atoms. The van der Waals surface area contributed by atoms with E-state index in [0.29, 0.717) is 6.54 Å². The van der Waals surface area contributed by atoms with Gasteiger partial charge in [0.15, 0.2) is 0 Å². The van der Waals surface area contributed by atoms with Crippen molar-refractivity contribution in [1.82, 2.24) is 5.32 Å². The fourth-order valence-electron chi connectivity index (χ4n) is 1.84. The Labute approximate surface area is 114 Å². The van der Waals surface area contributed by atoms with Gasteiger partial charge in [-0.2, -0.15) is 0 Å². The van der Waals surface area contributed by atoms with Gasteiger partial charge in [-0.3, -0.25) is 10.1 Å². The first-order valence-corrected chi connectivity index (χ1v) is 6.38. The Kier molecular flexibility index (Phi) is 5.51. The number of ether oxygens (including phenoxy) is 1. The minimum absolute atomic E-state index is 0.0421. The van der Waals surface area contributed by atoms with Crippen LogP contribution >= 0.6 is 0 Å². The number of rotatable bonds is 5. The molecule has 1 unspecified atom stereocenters. The summed E-state index contributed by atoms with van der Waals surface area (Å²) >= 11 is 0. The van der Waals surface area contributed by atoms with Gasteiger partial charge in [0.25, 0.3) is 0 Å². The van der Waals surface area contributed by atoms with Gasteiger partial charge in [-0.1, -0.05) is 45.0 Å². The van der Waals surface area contributed by atoms with Crippen molar-refractivity contribution in [3.63, 3.8) is 0 Å². The Hall–Kier alpha value is -1.39. The van der Waals surface area contributed by atoms with E-state index in [4.69, 9.17) is 9.84 Å². The third-order valence-electron chi connectivity index (χ3n) is 3.02. The van der Waals surface area contributed by atoms with Crippen molar-refractivity contribution >= 4 is 5.97 Å². The second kappa shape index (κ2) is 6.68. The van der Waals surface area contributed by atoms with Crippen LogP contribution in [0, 0.1) is 5.41 Å². The van der Waals surface area contributed by atoms with E-state index < -0.39 is 0 Å². The van der Waals surface area contributed by atoms with Crippen molar-refractivity contribution in [2.24, 2.45) is 5.41 Å². The zero-order valence-corrected chi connectivity index (χ0v) is 12.1. The molecule has 0 fully saturated rings. The Bertz CT molecular complexity index is 406. The fourth-order valence-corrected chi connectivity index (χ4v) is 1.84. The van der Waals surface area contributed by atoms with Crippen LogP contribution < -0.4 is 5.32 Å². The molecule has 0 aliphatic heterocycles. The van der Waals surface area contributed by atoms with Crippen LogP contribution in [0.5, 0.6) is 0 Å². The van der Waals surface area contributed by atoms with E-state index in [1.807, 2.05) is 45.0 Å². The molecule has 0 saturated heterocycles. The van der Waals surface area contributed by atoms with E-state index in [1.54, 1.807) is 0 Å². The van der Waals surface area contributed by atoms with E-state index in [2.05, 4.69) is 5.32 Å². The zero-order valence-electron chi connectivity index (χ0n) is 12.1. The largest absolute Gasteiger partial charge is 0.468 e. The Morgan fingerprint density at radius 1 is 1.26 bits per heavy atom. The molecule has 0 saturated carbocycles. The molecule has 106 valence electrons. The zero-order chi connectivity index (χ0) is 14.5. The first-order chi connectivity index (χ1) is 8.88. The van der Waals surface area contributed by atoms with Gasteiger partial charge < -0.3 is 9.84 Å². The highest BCUT2D eigenvalue weighted by atomic mass is 16.5. The quantitative estimate of drug-likeness (QED) is 0.798. The van der Waals surface area contributed by atoms with Gasteiger partial charge in [-0.15, -0.1) is 0 Å². The van der Waals surface area contributed by atoms with E-state index in [-0.39, 0.29) is 24.0 Å². The van der Waals surface area contributed by atoms with Crippen LogP contribution in [-0.4, -0.2) is 24.2 Å². The lowest BCUT2D eigenvalue weighted by molar-refractivity contribution is -0.146. The van der Waals surface area contributed by atoms with Gasteiger partial charge in [-0.25, -0.2) is 0 Å². The summed E-state index contributed by atoms with van der Waals surface area (Å²) < 4.78 is 4.83. The van der Waals surface area contributed by atoms with Gasteiger partial charge >= 0.3 is 5.97 Å². The number of carbonyl (C=O) groups is 1. The standard InChI is InChI=1S/C15H23NO3/c1-15(2,3)13(14(18)19-4)16-9-11-5-7-12(10-17)8-6-11/h5-8,13,16-17H,9-10H2,1-4H3. The molecule has 0 amide bonds. The van der Waals surface area contributed by atoms with Crippen LogP contribution in [0.25, 0.3) is 0 Å². The first kappa shape index (κ1) is 15.7. The highest BCUT2D eigenvalue weighted by Crippen LogP contribution is 2.20. The summed E-state index contributed by atoms with van der Waals surface area (Å²) in [4.78, 5) is 11.8. The molecule has 0 bridgehead atoms. The summed E-state index contributed by atoms with van der Waals surface area (Å²) in [5.74, 6) is -0.250. The molecule has 1 rings (SSSR count). The summed E-state index contributed by atoms with van der Waals surface area (Å²) in [6.07, 6.45) is 0. The van der Waals surface area contributed by atoms with Gasteiger partial charge in [0, 0.05) is 6.54 Å². The van der Waals surface area contributed by atoms with Crippen molar-refractivity contribution in [2.75, 3.05) is 7.11 Å². The Morgan fingerprint density at radius 3 is 2.21 bits per heavy atom. The highest BCUT2D eigenvalue weighted by molar-refractivity contribution is 5.76. The van der Waals surface area contributed by atoms with E-state index in [9.17, 15) is 4.79 Å². The third-order valence-corrected chi connectivity index (χ3v) is 3.02. The SMILES string of the molecule is COC(=O)C(NCc1ccc(CO)cc1)C(C)(C)C. The molecular weight excluding hydrogens is 242 g/mol. The molecule has 0 radical (unpaired) electrons. The van der Waals surface area contributed by atoms with Gasteiger partial charge in [-0.05, 0) is 16.5 Å². The van der Waals surface area contributed by atoms with E-state index in [1.165, 1.54) is 7.11 Å². The van der Waals surface area contributed by atoms with Crippen LogP contribution in [0.15, 0.2) is 24.3 Å². The summed E-state index contributed by atoms with van der Waals surface area (Å²) in [6, 6.07) is 7.28. The molecule has 0 aliphatic rings. The molecule has 0 spiro atoms. The van der Waals surface area contributed by atoms with Crippen LogP contribution in [-0.2, 0) is 22.7 Å². The lowest BCUT2D eigenvalue weighted by atomic mass is 9.86. The van der Waals surface area contributed by atoms with Gasteiger partial charge in [0.2, 0.25) is 0 Å². The predicted octanol–water partition coefficient (Wildman–Crippen LogP) is 1.86. The monoisotopic (exact) mass is 265 g/mol. The van der Waals surface area contributed by atoms with Crippen molar-refractivity contribution in [1.29, 1.82) is 0 Å². The summed E-state index contributed by atoms with van der Waals surface area (Å²) in [5.41, 5.74) is 1.73. The van der Waals surface area contributed by atoms with Crippen molar-refractivity contribution in [3.05, 3.63) is 35.4 Å². The number of methoxy groups -OCH3 is 1. The van der Waals surface area contributed by atoms with Gasteiger partial charge in [0.05, 0.1) is 13.7 Å². The molecule has 4 nitrogen and oxygen atoms in total. The average Bonchev–Trinajstić information content (AvgIpc) is 2.37. The highest BCUT2D eigenvalue weighted by Gasteiger charge is 2.31. The normalized spacial score (nSPS) is 13.1. The van der Waals surface area contributed by atoms with Crippen LogP contribution in [0.2, 0.25) is 0 Å². The fraction of sp³-hybridized carbons (Fsp3) is 0.533. The number of esters is 1. The lowest BCUT2D eigenvalue weighted by Crippen LogP contribution is -2.46. The predicted molar refractivity (Wildman–Crippen MR) is 74.5 cm³/mol. The molecule has 1 aromatic rings. The Balaban J connectivity index is 2.68. The van der Waals surface area contributed by atoms with Gasteiger partial charge in [0.1, 0.15) is 6.04 Å². The average molecular weight is 265 g/mol. The summed E-state index contributed by atoms with van der Waals surface area (Å²) in [7, 11) is 1.40. The first-order valence-electron chi connectivity index (χ1n) is 6.38. The molecule has 1 atom stereocenters. The van der Waals surface area contributed by atoms with Crippen molar-refractivity contribution < 1.29 is 14.6 Å². The molecule has 0 heterocycles. The van der Waals surface area contributed by atoms with E-state index in [0.717, 1.165) is 11.1 Å². The summed E-state index contributed by atoms with van der Waals surface area (Å²) in [5, 5.41) is 12.2. The number of hydrogen-bond donors (Lipinski definition) is 2. The maximum atomic E-state index is 11.8. The molecule has 0 aromatic heterocycles. The summed E-state index contributed by atoms with van der Waals surface area (Å²) in [6.45, 7) is 6.62. The molecule has 1 aromatic carbocycles. The van der Waals surface area contributed by atoms with Crippen LogP contribution in [0.1, 0.15) is 31.9 Å². The molecule has 2 N–H and O–H groups in total. The number of aliphatic hydroxyl groups is 1. The minimum atomic E-state index is -0.352. The van der Waals surface area contributed by atoms with Crippen LogP contribution in [0.4, 0.5) is 0 Å². The second-order valence-electron chi connectivity index (χ2n) is 5.68. The number of aliphatic hydroxyl groups excluding tert-OH is 1. The topological polar surface area (TPSA) is 58.6 Å². The number of carbonyl (C=O) groups excluding carboxylic acids is 1. The Morgan fingerprint density at radius 2 is 1.79 bits per heavy atom. The number of nitrogens with one attached hydrogen (secondary N) is 1. The second-order valence-corrected chi connectivity index (χ2v) is 5.68. The minimum Gasteiger partial charge on any atom is -0.468 e.